The molecule has 0 unspecified atom stereocenters. The van der Waals surface area contributed by atoms with Crippen molar-refractivity contribution in [1.29, 1.82) is 0 Å². The Balaban J connectivity index is 1.86. The zero-order valence-electron chi connectivity index (χ0n) is 9.62. The second kappa shape index (κ2) is 5.38. The first-order valence-corrected chi connectivity index (χ1v) is 6.45. The van der Waals surface area contributed by atoms with Gasteiger partial charge in [0.25, 0.3) is 0 Å². The van der Waals surface area contributed by atoms with Gasteiger partial charge in [-0.1, -0.05) is 19.3 Å². The number of hydrazone groups is 1. The minimum Gasteiger partial charge on any atom is -0.385 e. The molecule has 1 heterocycles. The van der Waals surface area contributed by atoms with E-state index >= 15 is 0 Å². The average Bonchev–Trinajstić information content (AvgIpc) is 2.31. The van der Waals surface area contributed by atoms with E-state index in [1.54, 1.807) is 0 Å². The van der Waals surface area contributed by atoms with Crippen LogP contribution in [0.4, 0.5) is 0 Å². The quantitative estimate of drug-likeness (QED) is 0.560. The second-order valence-corrected chi connectivity index (χ2v) is 4.87. The van der Waals surface area contributed by atoms with Crippen molar-refractivity contribution in [3.05, 3.63) is 0 Å². The summed E-state index contributed by atoms with van der Waals surface area (Å²) < 4.78 is 0. The molecule has 15 heavy (non-hydrogen) atoms. The zero-order chi connectivity index (χ0) is 10.5. The third-order valence-corrected chi connectivity index (χ3v) is 3.61. The molecule has 2 aliphatic rings. The summed E-state index contributed by atoms with van der Waals surface area (Å²) in [6, 6.07) is 0. The Labute approximate surface area is 92.7 Å². The van der Waals surface area contributed by atoms with Crippen LogP contribution in [0, 0.1) is 5.92 Å². The lowest BCUT2D eigenvalue weighted by molar-refractivity contribution is 0.236. The van der Waals surface area contributed by atoms with Crippen molar-refractivity contribution in [2.45, 2.75) is 51.4 Å². The van der Waals surface area contributed by atoms with Crippen LogP contribution in [0.25, 0.3) is 0 Å². The van der Waals surface area contributed by atoms with E-state index in [9.17, 15) is 0 Å². The van der Waals surface area contributed by atoms with E-state index in [0.29, 0.717) is 5.92 Å². The Morgan fingerprint density at radius 2 is 1.53 bits per heavy atom. The van der Waals surface area contributed by atoms with Crippen molar-refractivity contribution in [3.63, 3.8) is 0 Å². The van der Waals surface area contributed by atoms with E-state index in [1.165, 1.54) is 51.4 Å². The molecule has 0 aromatic rings. The Morgan fingerprint density at radius 3 is 2.20 bits per heavy atom. The predicted molar refractivity (Wildman–Crippen MR) is 63.6 cm³/mol. The van der Waals surface area contributed by atoms with E-state index in [1.807, 2.05) is 0 Å². The van der Waals surface area contributed by atoms with E-state index in [4.69, 9.17) is 5.73 Å². The Bertz CT molecular complexity index is 213. The van der Waals surface area contributed by atoms with Gasteiger partial charge in [-0.15, -0.1) is 0 Å². The fourth-order valence-electron chi connectivity index (χ4n) is 2.62. The van der Waals surface area contributed by atoms with E-state index < -0.39 is 0 Å². The van der Waals surface area contributed by atoms with Crippen LogP contribution in [0.15, 0.2) is 5.10 Å². The SMILES string of the molecule is N/C(=N\N1CCCCC1)C1CCCCC1. The molecule has 2 fully saturated rings. The normalized spacial score (nSPS) is 25.6. The number of nitrogens with two attached hydrogens (primary N) is 1. The fourth-order valence-corrected chi connectivity index (χ4v) is 2.62. The molecule has 0 amide bonds. The van der Waals surface area contributed by atoms with Gasteiger partial charge in [-0.2, -0.15) is 5.10 Å². The molecule has 86 valence electrons. The molecule has 2 N–H and O–H groups in total. The van der Waals surface area contributed by atoms with Gasteiger partial charge in [0.1, 0.15) is 5.84 Å². The topological polar surface area (TPSA) is 41.6 Å². The average molecular weight is 209 g/mol. The number of nitrogens with zero attached hydrogens (tertiary/aromatic N) is 2. The molecule has 3 heteroatoms. The van der Waals surface area contributed by atoms with E-state index in [-0.39, 0.29) is 0 Å². The number of hydrogen-bond donors (Lipinski definition) is 1. The Kier molecular flexibility index (Phi) is 3.87. The molecule has 0 radical (unpaired) electrons. The predicted octanol–water partition coefficient (Wildman–Crippen LogP) is 2.32. The summed E-state index contributed by atoms with van der Waals surface area (Å²) >= 11 is 0. The standard InChI is InChI=1S/C12H23N3/c13-12(11-7-3-1-4-8-11)14-15-9-5-2-6-10-15/h11H,1-10H2,(H2,13,14). The van der Waals surface area contributed by atoms with Gasteiger partial charge < -0.3 is 5.73 Å². The lowest BCUT2D eigenvalue weighted by atomic mass is 9.88. The maximum atomic E-state index is 6.09. The minimum absolute atomic E-state index is 0.570. The highest BCUT2D eigenvalue weighted by molar-refractivity contribution is 5.82. The first-order valence-electron chi connectivity index (χ1n) is 6.45. The minimum atomic E-state index is 0.570. The molecule has 2 rings (SSSR count). The van der Waals surface area contributed by atoms with Crippen molar-refractivity contribution in [3.8, 4) is 0 Å². The van der Waals surface area contributed by atoms with Crippen molar-refractivity contribution >= 4 is 5.84 Å². The lowest BCUT2D eigenvalue weighted by Crippen LogP contribution is -2.32. The maximum absolute atomic E-state index is 6.09. The monoisotopic (exact) mass is 209 g/mol. The van der Waals surface area contributed by atoms with Crippen LogP contribution in [0.3, 0.4) is 0 Å². The van der Waals surface area contributed by atoms with Crippen LogP contribution in [-0.2, 0) is 0 Å². The van der Waals surface area contributed by atoms with Crippen LogP contribution in [0.5, 0.6) is 0 Å². The Hall–Kier alpha value is -0.730. The number of rotatable bonds is 2. The maximum Gasteiger partial charge on any atom is 0.122 e. The highest BCUT2D eigenvalue weighted by atomic mass is 15.5. The van der Waals surface area contributed by atoms with Crippen molar-refractivity contribution in [1.82, 2.24) is 5.01 Å². The fraction of sp³-hybridized carbons (Fsp3) is 0.917. The highest BCUT2D eigenvalue weighted by Crippen LogP contribution is 2.24. The van der Waals surface area contributed by atoms with Gasteiger partial charge in [-0.25, -0.2) is 0 Å². The van der Waals surface area contributed by atoms with Crippen molar-refractivity contribution < 1.29 is 0 Å². The smallest absolute Gasteiger partial charge is 0.122 e. The second-order valence-electron chi connectivity index (χ2n) is 4.87. The van der Waals surface area contributed by atoms with Crippen LogP contribution >= 0.6 is 0 Å². The van der Waals surface area contributed by atoms with Crippen molar-refractivity contribution in [2.75, 3.05) is 13.1 Å². The first kappa shape index (κ1) is 10.8. The molecule has 1 aliphatic heterocycles. The van der Waals surface area contributed by atoms with E-state index in [2.05, 4.69) is 10.1 Å². The Morgan fingerprint density at radius 1 is 0.933 bits per heavy atom. The first-order chi connectivity index (χ1) is 7.36. The summed E-state index contributed by atoms with van der Waals surface area (Å²) in [6.07, 6.45) is 10.5. The summed E-state index contributed by atoms with van der Waals surface area (Å²) in [7, 11) is 0. The summed E-state index contributed by atoms with van der Waals surface area (Å²) in [5.74, 6) is 1.47. The van der Waals surface area contributed by atoms with Gasteiger partial charge in [0.2, 0.25) is 0 Å². The number of amidine groups is 1. The molecule has 0 aromatic heterocycles. The summed E-state index contributed by atoms with van der Waals surface area (Å²) in [5.41, 5.74) is 6.09. The van der Waals surface area contributed by atoms with Gasteiger partial charge in [-0.05, 0) is 32.1 Å². The largest absolute Gasteiger partial charge is 0.385 e. The molecule has 1 saturated carbocycles. The van der Waals surface area contributed by atoms with E-state index in [0.717, 1.165) is 18.9 Å². The van der Waals surface area contributed by atoms with Crippen LogP contribution in [0.1, 0.15) is 51.4 Å². The number of piperidine rings is 1. The van der Waals surface area contributed by atoms with Gasteiger partial charge in [0, 0.05) is 19.0 Å². The van der Waals surface area contributed by atoms with Crippen molar-refractivity contribution in [2.24, 2.45) is 16.8 Å². The van der Waals surface area contributed by atoms with Crippen LogP contribution in [-0.4, -0.2) is 23.9 Å². The summed E-state index contributed by atoms with van der Waals surface area (Å²) in [4.78, 5) is 0. The summed E-state index contributed by atoms with van der Waals surface area (Å²) in [6.45, 7) is 2.21. The van der Waals surface area contributed by atoms with Gasteiger partial charge in [-0.3, -0.25) is 5.01 Å². The molecule has 0 bridgehead atoms. The number of hydrogen-bond acceptors (Lipinski definition) is 2. The molecule has 0 atom stereocenters. The lowest BCUT2D eigenvalue weighted by Gasteiger charge is -2.27. The van der Waals surface area contributed by atoms with Gasteiger partial charge in [0.05, 0.1) is 0 Å². The molecular formula is C12H23N3. The molecule has 0 spiro atoms. The summed E-state index contributed by atoms with van der Waals surface area (Å²) in [5, 5.41) is 6.76. The van der Waals surface area contributed by atoms with Crippen LogP contribution in [0.2, 0.25) is 0 Å². The third kappa shape index (κ3) is 3.11. The third-order valence-electron chi connectivity index (χ3n) is 3.61. The van der Waals surface area contributed by atoms with Gasteiger partial charge >= 0.3 is 0 Å². The van der Waals surface area contributed by atoms with Gasteiger partial charge in [0.15, 0.2) is 0 Å². The molecule has 1 aliphatic carbocycles. The molecule has 0 aromatic carbocycles. The van der Waals surface area contributed by atoms with Crippen LogP contribution < -0.4 is 5.73 Å². The zero-order valence-corrected chi connectivity index (χ0v) is 9.62. The molecular weight excluding hydrogens is 186 g/mol. The highest BCUT2D eigenvalue weighted by Gasteiger charge is 2.18. The molecule has 1 saturated heterocycles. The molecule has 3 nitrogen and oxygen atoms in total.